The van der Waals surface area contributed by atoms with Crippen LogP contribution in [0.4, 0.5) is 4.39 Å². The number of esters is 1. The number of rotatable bonds is 12. The molecule has 0 heterocycles. The summed E-state index contributed by atoms with van der Waals surface area (Å²) >= 11 is 0. The highest BCUT2D eigenvalue weighted by Crippen LogP contribution is 2.17. The first-order valence-corrected chi connectivity index (χ1v) is 12.0. The normalized spacial score (nSPS) is 11.4. The van der Waals surface area contributed by atoms with Crippen LogP contribution in [0, 0.1) is 5.82 Å². The molecule has 2 rings (SSSR count). The number of halogens is 1. The minimum absolute atomic E-state index is 0.0744. The van der Waals surface area contributed by atoms with Gasteiger partial charge < -0.3 is 10.1 Å². The van der Waals surface area contributed by atoms with E-state index in [4.69, 9.17) is 4.74 Å². The van der Waals surface area contributed by atoms with E-state index in [1.807, 2.05) is 0 Å². The number of amides is 1. The molecule has 9 heteroatoms. The largest absolute Gasteiger partial charge is 0.456 e. The fourth-order valence-corrected chi connectivity index (χ4v) is 4.51. The number of nitrogens with one attached hydrogen (secondary N) is 1. The second-order valence-electron chi connectivity index (χ2n) is 7.12. The second kappa shape index (κ2) is 12.3. The van der Waals surface area contributed by atoms with Gasteiger partial charge in [0, 0.05) is 26.1 Å². The van der Waals surface area contributed by atoms with E-state index < -0.39 is 21.9 Å². The molecule has 1 amide bonds. The highest BCUT2D eigenvalue weighted by atomic mass is 32.2. The summed E-state index contributed by atoms with van der Waals surface area (Å²) in [6.45, 7) is 4.34. The zero-order valence-corrected chi connectivity index (χ0v) is 19.2. The van der Waals surface area contributed by atoms with Gasteiger partial charge in [-0.1, -0.05) is 38.1 Å². The van der Waals surface area contributed by atoms with Crippen LogP contribution < -0.4 is 5.32 Å². The van der Waals surface area contributed by atoms with Gasteiger partial charge in [-0.15, -0.1) is 0 Å². The lowest BCUT2D eigenvalue weighted by atomic mass is 10.1. The van der Waals surface area contributed by atoms with E-state index in [9.17, 15) is 22.4 Å². The van der Waals surface area contributed by atoms with Crippen LogP contribution in [0.2, 0.25) is 0 Å². The van der Waals surface area contributed by atoms with Gasteiger partial charge in [-0.25, -0.2) is 12.8 Å². The van der Waals surface area contributed by atoms with Gasteiger partial charge in [0.1, 0.15) is 5.82 Å². The lowest BCUT2D eigenvalue weighted by Crippen LogP contribution is -2.30. The predicted molar refractivity (Wildman–Crippen MR) is 119 cm³/mol. The van der Waals surface area contributed by atoms with E-state index in [0.29, 0.717) is 32.5 Å². The predicted octanol–water partition coefficient (Wildman–Crippen LogP) is 2.69. The van der Waals surface area contributed by atoms with Gasteiger partial charge in [0.2, 0.25) is 10.0 Å². The van der Waals surface area contributed by atoms with Gasteiger partial charge in [-0.3, -0.25) is 9.59 Å². The Kier molecular flexibility index (Phi) is 9.80. The van der Waals surface area contributed by atoms with Crippen molar-refractivity contribution in [3.05, 3.63) is 65.5 Å². The molecule has 0 aromatic heterocycles. The van der Waals surface area contributed by atoms with Crippen molar-refractivity contribution in [1.82, 2.24) is 9.62 Å². The fourth-order valence-electron chi connectivity index (χ4n) is 3.05. The van der Waals surface area contributed by atoms with E-state index >= 15 is 0 Å². The fraction of sp³-hybridized carbons (Fsp3) is 0.391. The molecular formula is C23H29FN2O5S. The number of hydrogen-bond donors (Lipinski definition) is 1. The summed E-state index contributed by atoms with van der Waals surface area (Å²) in [6.07, 6.45) is 0.988. The Morgan fingerprint density at radius 2 is 1.50 bits per heavy atom. The lowest BCUT2D eigenvalue weighted by molar-refractivity contribution is -0.148. The van der Waals surface area contributed by atoms with Crippen molar-refractivity contribution in [2.45, 2.75) is 38.0 Å². The van der Waals surface area contributed by atoms with Gasteiger partial charge >= 0.3 is 5.97 Å². The van der Waals surface area contributed by atoms with E-state index in [1.165, 1.54) is 28.6 Å². The maximum absolute atomic E-state index is 12.9. The van der Waals surface area contributed by atoms with Gasteiger partial charge in [-0.2, -0.15) is 4.31 Å². The van der Waals surface area contributed by atoms with Crippen LogP contribution in [0.5, 0.6) is 0 Å². The number of aryl methyl sites for hydroxylation is 1. The van der Waals surface area contributed by atoms with Crippen molar-refractivity contribution in [3.63, 3.8) is 0 Å². The summed E-state index contributed by atoms with van der Waals surface area (Å²) < 4.78 is 44.2. The summed E-state index contributed by atoms with van der Waals surface area (Å²) in [5.41, 5.74) is 1.68. The maximum Gasteiger partial charge on any atom is 0.306 e. The number of benzene rings is 2. The Hall–Kier alpha value is -2.78. The van der Waals surface area contributed by atoms with Crippen LogP contribution in [0.25, 0.3) is 0 Å². The maximum atomic E-state index is 12.9. The Labute approximate surface area is 188 Å². The first-order valence-electron chi connectivity index (χ1n) is 10.5. The molecule has 174 valence electrons. The molecule has 0 aliphatic rings. The van der Waals surface area contributed by atoms with Gasteiger partial charge in [0.15, 0.2) is 6.61 Å². The molecule has 2 aromatic rings. The van der Waals surface area contributed by atoms with Gasteiger partial charge in [-0.05, 0) is 48.2 Å². The Morgan fingerprint density at radius 3 is 2.09 bits per heavy atom. The summed E-state index contributed by atoms with van der Waals surface area (Å²) in [5, 5.41) is 2.64. The summed E-state index contributed by atoms with van der Waals surface area (Å²) in [4.78, 5) is 23.9. The SMILES string of the molecule is CCN(CC)S(=O)(=O)c1ccc(CCC(=O)OCC(=O)NCCc2ccc(F)cc2)cc1. The van der Waals surface area contributed by atoms with Crippen molar-refractivity contribution >= 4 is 21.9 Å². The number of sulfonamides is 1. The van der Waals surface area contributed by atoms with Crippen molar-refractivity contribution in [2.75, 3.05) is 26.2 Å². The van der Waals surface area contributed by atoms with Crippen LogP contribution in [-0.2, 0) is 37.2 Å². The van der Waals surface area contributed by atoms with Crippen LogP contribution in [0.3, 0.4) is 0 Å². The van der Waals surface area contributed by atoms with Crippen molar-refractivity contribution < 1.29 is 27.1 Å². The zero-order valence-electron chi connectivity index (χ0n) is 18.3. The minimum Gasteiger partial charge on any atom is -0.456 e. The van der Waals surface area contributed by atoms with Gasteiger partial charge in [0.05, 0.1) is 4.90 Å². The highest BCUT2D eigenvalue weighted by Gasteiger charge is 2.21. The van der Waals surface area contributed by atoms with Crippen molar-refractivity contribution in [3.8, 4) is 0 Å². The van der Waals surface area contributed by atoms with Crippen molar-refractivity contribution in [2.24, 2.45) is 0 Å². The molecule has 7 nitrogen and oxygen atoms in total. The second-order valence-corrected chi connectivity index (χ2v) is 9.06. The number of carbonyl (C=O) groups is 2. The molecule has 0 unspecified atom stereocenters. The zero-order chi connectivity index (χ0) is 23.6. The molecule has 0 saturated carbocycles. The number of carbonyl (C=O) groups excluding carboxylic acids is 2. The van der Waals surface area contributed by atoms with Crippen LogP contribution >= 0.6 is 0 Å². The third kappa shape index (κ3) is 7.72. The number of nitrogens with zero attached hydrogens (tertiary/aromatic N) is 1. The average molecular weight is 465 g/mol. The molecule has 0 aliphatic carbocycles. The molecular weight excluding hydrogens is 435 g/mol. The van der Waals surface area contributed by atoms with Crippen molar-refractivity contribution in [1.29, 1.82) is 0 Å². The third-order valence-corrected chi connectivity index (χ3v) is 6.96. The molecule has 0 radical (unpaired) electrons. The van der Waals surface area contributed by atoms with Crippen LogP contribution in [0.15, 0.2) is 53.4 Å². The molecule has 0 spiro atoms. The van der Waals surface area contributed by atoms with Crippen LogP contribution in [-0.4, -0.2) is 50.8 Å². The van der Waals surface area contributed by atoms with E-state index in [-0.39, 0.29) is 23.7 Å². The molecule has 0 atom stereocenters. The number of ether oxygens (including phenoxy) is 1. The van der Waals surface area contributed by atoms with E-state index in [0.717, 1.165) is 11.1 Å². The first-order chi connectivity index (χ1) is 15.3. The summed E-state index contributed by atoms with van der Waals surface area (Å²) in [6, 6.07) is 12.4. The van der Waals surface area contributed by atoms with E-state index in [1.54, 1.807) is 38.1 Å². The highest BCUT2D eigenvalue weighted by molar-refractivity contribution is 7.89. The Balaban J connectivity index is 1.71. The molecule has 0 bridgehead atoms. The molecule has 32 heavy (non-hydrogen) atoms. The number of hydrogen-bond acceptors (Lipinski definition) is 5. The minimum atomic E-state index is -3.51. The topological polar surface area (TPSA) is 92.8 Å². The monoisotopic (exact) mass is 464 g/mol. The Bertz CT molecular complexity index is 988. The van der Waals surface area contributed by atoms with Crippen LogP contribution in [0.1, 0.15) is 31.4 Å². The van der Waals surface area contributed by atoms with Gasteiger partial charge in [0.25, 0.3) is 5.91 Å². The molecule has 0 aliphatic heterocycles. The third-order valence-electron chi connectivity index (χ3n) is 4.90. The molecule has 2 aromatic carbocycles. The Morgan fingerprint density at radius 1 is 0.938 bits per heavy atom. The molecule has 1 N–H and O–H groups in total. The quantitative estimate of drug-likeness (QED) is 0.488. The first kappa shape index (κ1) is 25.5. The summed E-state index contributed by atoms with van der Waals surface area (Å²) in [5.74, 6) is -1.24. The average Bonchev–Trinajstić information content (AvgIpc) is 2.78. The summed E-state index contributed by atoms with van der Waals surface area (Å²) in [7, 11) is -3.51. The molecule has 0 saturated heterocycles. The van der Waals surface area contributed by atoms with E-state index in [2.05, 4.69) is 5.32 Å². The smallest absolute Gasteiger partial charge is 0.306 e. The lowest BCUT2D eigenvalue weighted by Gasteiger charge is -2.18. The molecule has 0 fully saturated rings. The standard InChI is InChI=1S/C23H29FN2O5S/c1-3-26(4-2)32(29,30)21-12-7-18(8-13-21)9-14-23(28)31-17-22(27)25-16-15-19-5-10-20(24)11-6-19/h5-8,10-13H,3-4,9,14-17H2,1-2H3,(H,25,27).